The van der Waals surface area contributed by atoms with Gasteiger partial charge in [0.2, 0.25) is 0 Å². The third-order valence-corrected chi connectivity index (χ3v) is 2.92. The Hall–Kier alpha value is -0.610. The summed E-state index contributed by atoms with van der Waals surface area (Å²) in [5, 5.41) is 11.6. The van der Waals surface area contributed by atoms with Crippen molar-refractivity contribution in [1.29, 1.82) is 0 Å². The van der Waals surface area contributed by atoms with Crippen molar-refractivity contribution in [3.63, 3.8) is 0 Å². The largest absolute Gasteiger partial charge is 0.311 e. The second kappa shape index (κ2) is 4.28. The first-order valence-electron chi connectivity index (χ1n) is 4.94. The molecule has 5 heteroatoms. The third kappa shape index (κ3) is 2.45. The van der Waals surface area contributed by atoms with Gasteiger partial charge in [0, 0.05) is 25.2 Å². The average molecular weight is 215 g/mol. The summed E-state index contributed by atoms with van der Waals surface area (Å²) >= 11 is 5.89. The van der Waals surface area contributed by atoms with Gasteiger partial charge in [-0.2, -0.15) is 0 Å². The number of aryl methyl sites for hydroxylation is 1. The zero-order valence-corrected chi connectivity index (χ0v) is 9.04. The Bertz CT molecular complexity index is 293. The van der Waals surface area contributed by atoms with Gasteiger partial charge >= 0.3 is 0 Å². The smallest absolute Gasteiger partial charge is 0.0964 e. The van der Waals surface area contributed by atoms with Crippen LogP contribution in [0.3, 0.4) is 0 Å². The quantitative estimate of drug-likeness (QED) is 0.759. The molecule has 1 aliphatic carbocycles. The van der Waals surface area contributed by atoms with Crippen molar-refractivity contribution < 1.29 is 0 Å². The Labute approximate surface area is 88.6 Å². The zero-order chi connectivity index (χ0) is 9.97. The van der Waals surface area contributed by atoms with E-state index in [9.17, 15) is 0 Å². The predicted molar refractivity (Wildman–Crippen MR) is 55.1 cm³/mol. The van der Waals surface area contributed by atoms with Gasteiger partial charge in [-0.05, 0) is 25.3 Å². The lowest BCUT2D eigenvalue weighted by Gasteiger charge is -2.30. The van der Waals surface area contributed by atoms with Crippen molar-refractivity contribution in [2.45, 2.75) is 24.8 Å². The number of hydrogen-bond acceptors (Lipinski definition) is 3. The maximum absolute atomic E-state index is 5.89. The Morgan fingerprint density at radius 3 is 3.00 bits per heavy atom. The van der Waals surface area contributed by atoms with Crippen LogP contribution in [0.25, 0.3) is 0 Å². The SMILES string of the molecule is Cn1cc(CNCC2CC(Cl)C2)nn1. The van der Waals surface area contributed by atoms with E-state index in [1.165, 1.54) is 0 Å². The van der Waals surface area contributed by atoms with E-state index >= 15 is 0 Å². The van der Waals surface area contributed by atoms with Crippen molar-refractivity contribution in [2.24, 2.45) is 13.0 Å². The number of hydrogen-bond donors (Lipinski definition) is 1. The Morgan fingerprint density at radius 2 is 2.43 bits per heavy atom. The van der Waals surface area contributed by atoms with Gasteiger partial charge in [-0.15, -0.1) is 16.7 Å². The molecule has 0 amide bonds. The van der Waals surface area contributed by atoms with Crippen LogP contribution in [-0.4, -0.2) is 26.9 Å². The van der Waals surface area contributed by atoms with Gasteiger partial charge in [-0.3, -0.25) is 4.68 Å². The molecule has 0 atom stereocenters. The lowest BCUT2D eigenvalue weighted by Crippen LogP contribution is -2.33. The maximum Gasteiger partial charge on any atom is 0.0964 e. The first kappa shape index (κ1) is 9.93. The molecule has 1 N–H and O–H groups in total. The summed E-state index contributed by atoms with van der Waals surface area (Å²) in [7, 11) is 1.88. The first-order chi connectivity index (χ1) is 6.74. The highest BCUT2D eigenvalue weighted by atomic mass is 35.5. The van der Waals surface area contributed by atoms with Crippen LogP contribution in [0.2, 0.25) is 0 Å². The minimum atomic E-state index is 0.415. The number of nitrogens with one attached hydrogen (secondary N) is 1. The van der Waals surface area contributed by atoms with Crippen LogP contribution in [0, 0.1) is 5.92 Å². The summed E-state index contributed by atoms with van der Waals surface area (Å²) in [6.45, 7) is 1.84. The van der Waals surface area contributed by atoms with Crippen molar-refractivity contribution in [3.05, 3.63) is 11.9 Å². The molecular formula is C9H15ClN4. The molecule has 1 aromatic heterocycles. The van der Waals surface area contributed by atoms with Crippen LogP contribution in [0.1, 0.15) is 18.5 Å². The zero-order valence-electron chi connectivity index (χ0n) is 8.28. The predicted octanol–water partition coefficient (Wildman–Crippen LogP) is 0.922. The van der Waals surface area contributed by atoms with Crippen LogP contribution >= 0.6 is 11.6 Å². The fraction of sp³-hybridized carbons (Fsp3) is 0.778. The van der Waals surface area contributed by atoms with E-state index in [2.05, 4.69) is 15.6 Å². The summed E-state index contributed by atoms with van der Waals surface area (Å²) < 4.78 is 1.72. The molecule has 1 fully saturated rings. The minimum absolute atomic E-state index is 0.415. The molecule has 0 unspecified atom stereocenters. The highest BCUT2D eigenvalue weighted by molar-refractivity contribution is 6.21. The number of alkyl halides is 1. The standard InChI is InChI=1S/C9H15ClN4/c1-14-6-9(12-13-14)5-11-4-7-2-8(10)3-7/h6-8,11H,2-5H2,1H3. The van der Waals surface area contributed by atoms with Crippen LogP contribution in [0.15, 0.2) is 6.20 Å². The highest BCUT2D eigenvalue weighted by Crippen LogP contribution is 2.31. The molecule has 2 rings (SSSR count). The molecule has 1 aliphatic rings. The third-order valence-electron chi connectivity index (χ3n) is 2.57. The summed E-state index contributed by atoms with van der Waals surface area (Å²) in [6.07, 6.45) is 4.22. The van der Waals surface area contributed by atoms with Crippen molar-refractivity contribution >= 4 is 11.6 Å². The van der Waals surface area contributed by atoms with Gasteiger partial charge in [0.1, 0.15) is 0 Å². The minimum Gasteiger partial charge on any atom is -0.311 e. The van der Waals surface area contributed by atoms with Crippen LogP contribution in [0.5, 0.6) is 0 Å². The molecule has 1 aromatic rings. The van der Waals surface area contributed by atoms with Gasteiger partial charge in [0.15, 0.2) is 0 Å². The van der Waals surface area contributed by atoms with Gasteiger partial charge < -0.3 is 5.32 Å². The second-order valence-corrected chi connectivity index (χ2v) is 4.57. The van der Waals surface area contributed by atoms with E-state index < -0.39 is 0 Å². The number of nitrogens with zero attached hydrogens (tertiary/aromatic N) is 3. The van der Waals surface area contributed by atoms with Crippen LogP contribution < -0.4 is 5.32 Å². The Balaban J connectivity index is 1.63. The molecule has 1 saturated carbocycles. The Morgan fingerprint density at radius 1 is 1.64 bits per heavy atom. The number of rotatable bonds is 4. The van der Waals surface area contributed by atoms with Gasteiger partial charge in [-0.25, -0.2) is 0 Å². The fourth-order valence-electron chi connectivity index (χ4n) is 1.70. The molecule has 0 saturated heterocycles. The molecule has 4 nitrogen and oxygen atoms in total. The average Bonchev–Trinajstić information content (AvgIpc) is 2.48. The van der Waals surface area contributed by atoms with Crippen molar-refractivity contribution in [3.8, 4) is 0 Å². The van der Waals surface area contributed by atoms with Gasteiger partial charge in [0.25, 0.3) is 0 Å². The molecule has 1 heterocycles. The van der Waals surface area contributed by atoms with E-state index in [1.54, 1.807) is 4.68 Å². The van der Waals surface area contributed by atoms with E-state index in [4.69, 9.17) is 11.6 Å². The van der Waals surface area contributed by atoms with Crippen molar-refractivity contribution in [1.82, 2.24) is 20.3 Å². The maximum atomic E-state index is 5.89. The molecule has 0 aliphatic heterocycles. The molecule has 0 radical (unpaired) electrons. The lowest BCUT2D eigenvalue weighted by molar-refractivity contribution is 0.308. The number of aromatic nitrogens is 3. The normalized spacial score (nSPS) is 26.1. The van der Waals surface area contributed by atoms with Gasteiger partial charge in [0.05, 0.1) is 5.69 Å². The molecule has 0 aromatic carbocycles. The van der Waals surface area contributed by atoms with Crippen LogP contribution in [0.4, 0.5) is 0 Å². The second-order valence-electron chi connectivity index (χ2n) is 3.95. The molecule has 0 spiro atoms. The molecule has 0 bridgehead atoms. The van der Waals surface area contributed by atoms with E-state index in [1.807, 2.05) is 13.2 Å². The fourth-order valence-corrected chi connectivity index (χ4v) is 2.21. The van der Waals surface area contributed by atoms with E-state index in [0.717, 1.165) is 37.5 Å². The van der Waals surface area contributed by atoms with E-state index in [0.29, 0.717) is 5.38 Å². The first-order valence-corrected chi connectivity index (χ1v) is 5.37. The molecule has 78 valence electrons. The molecular weight excluding hydrogens is 200 g/mol. The topological polar surface area (TPSA) is 42.7 Å². The monoisotopic (exact) mass is 214 g/mol. The van der Waals surface area contributed by atoms with Crippen LogP contribution in [-0.2, 0) is 13.6 Å². The van der Waals surface area contributed by atoms with Crippen molar-refractivity contribution in [2.75, 3.05) is 6.54 Å². The lowest BCUT2D eigenvalue weighted by atomic mass is 9.85. The summed E-state index contributed by atoms with van der Waals surface area (Å²) in [5.41, 5.74) is 0.995. The van der Waals surface area contributed by atoms with E-state index in [-0.39, 0.29) is 0 Å². The molecule has 14 heavy (non-hydrogen) atoms. The number of halogens is 1. The summed E-state index contributed by atoms with van der Waals surface area (Å²) in [6, 6.07) is 0. The van der Waals surface area contributed by atoms with Gasteiger partial charge in [-0.1, -0.05) is 5.21 Å². The summed E-state index contributed by atoms with van der Waals surface area (Å²) in [4.78, 5) is 0. The summed E-state index contributed by atoms with van der Waals surface area (Å²) in [5.74, 6) is 0.758. The highest BCUT2D eigenvalue weighted by Gasteiger charge is 2.26. The Kier molecular flexibility index (Phi) is 3.03.